The maximum Gasteiger partial charge on any atom is 0.234 e. The summed E-state index contributed by atoms with van der Waals surface area (Å²) in [6.07, 6.45) is 4.79. The standard InChI is InChI=1S/C21H28ClN5O2S/c1-3-10-26-19(29)14-6-4-5-7-17(14)27-20(26)24-25-21(27)30-12-18(28)23-16-9-8-13(2)11-15(16)22/h8-9,11,14,17,20,24H,3-7,10,12H2,1-2H3,(H,23,28). The van der Waals surface area contributed by atoms with Gasteiger partial charge in [0.1, 0.15) is 0 Å². The third kappa shape index (κ3) is 4.12. The smallest absolute Gasteiger partial charge is 0.234 e. The van der Waals surface area contributed by atoms with Crippen LogP contribution in [0.3, 0.4) is 0 Å². The van der Waals surface area contributed by atoms with Crippen molar-refractivity contribution in [2.45, 2.75) is 58.3 Å². The molecule has 0 bridgehead atoms. The summed E-state index contributed by atoms with van der Waals surface area (Å²) in [5, 5.41) is 8.70. The van der Waals surface area contributed by atoms with Gasteiger partial charge in [-0.05, 0) is 43.9 Å². The van der Waals surface area contributed by atoms with Gasteiger partial charge in [0.05, 0.1) is 22.4 Å². The van der Waals surface area contributed by atoms with Gasteiger partial charge in [-0.2, -0.15) is 5.10 Å². The maximum atomic E-state index is 13.0. The van der Waals surface area contributed by atoms with Gasteiger partial charge in [-0.15, -0.1) is 0 Å². The van der Waals surface area contributed by atoms with E-state index in [9.17, 15) is 9.59 Å². The first kappa shape index (κ1) is 21.3. The van der Waals surface area contributed by atoms with Crippen molar-refractivity contribution >= 4 is 46.0 Å². The molecule has 4 rings (SSSR count). The van der Waals surface area contributed by atoms with Crippen LogP contribution in [-0.4, -0.2) is 51.4 Å². The lowest BCUT2D eigenvalue weighted by Gasteiger charge is -2.50. The van der Waals surface area contributed by atoms with Gasteiger partial charge in [0.2, 0.25) is 11.8 Å². The second-order valence-corrected chi connectivity index (χ2v) is 9.46. The van der Waals surface area contributed by atoms with E-state index in [-0.39, 0.29) is 35.8 Å². The quantitative estimate of drug-likeness (QED) is 0.718. The highest BCUT2D eigenvalue weighted by atomic mass is 35.5. The number of hydrogen-bond acceptors (Lipinski definition) is 6. The number of hydrogen-bond donors (Lipinski definition) is 2. The van der Waals surface area contributed by atoms with Gasteiger partial charge in [0, 0.05) is 12.6 Å². The first-order chi connectivity index (χ1) is 14.5. The summed E-state index contributed by atoms with van der Waals surface area (Å²) in [5.41, 5.74) is 4.80. The SMILES string of the molecule is CCCN1C(=O)C2CCCCC2N2C(SCC(=O)Nc3ccc(C)cc3Cl)=NNC12. The monoisotopic (exact) mass is 449 g/mol. The van der Waals surface area contributed by atoms with E-state index in [1.54, 1.807) is 0 Å². The fourth-order valence-corrected chi connectivity index (χ4v) is 5.68. The molecule has 0 aromatic heterocycles. The molecule has 1 aromatic rings. The molecule has 2 fully saturated rings. The second-order valence-electron chi connectivity index (χ2n) is 8.11. The molecule has 3 unspecified atom stereocenters. The Bertz CT molecular complexity index is 864. The van der Waals surface area contributed by atoms with Crippen LogP contribution in [0.4, 0.5) is 5.69 Å². The zero-order valence-corrected chi connectivity index (χ0v) is 18.9. The normalized spacial score (nSPS) is 25.4. The summed E-state index contributed by atoms with van der Waals surface area (Å²) in [6.45, 7) is 4.74. The Morgan fingerprint density at radius 1 is 1.37 bits per heavy atom. The van der Waals surface area contributed by atoms with Crippen LogP contribution in [0.1, 0.15) is 44.6 Å². The number of nitrogens with zero attached hydrogens (tertiary/aromatic N) is 3. The third-order valence-electron chi connectivity index (χ3n) is 5.94. The van der Waals surface area contributed by atoms with E-state index in [0.29, 0.717) is 17.3 Å². The van der Waals surface area contributed by atoms with E-state index in [2.05, 4.69) is 27.7 Å². The van der Waals surface area contributed by atoms with Gasteiger partial charge >= 0.3 is 0 Å². The van der Waals surface area contributed by atoms with E-state index >= 15 is 0 Å². The van der Waals surface area contributed by atoms with Crippen molar-refractivity contribution < 1.29 is 9.59 Å². The number of amides is 2. The van der Waals surface area contributed by atoms with Gasteiger partial charge in [-0.3, -0.25) is 15.0 Å². The van der Waals surface area contributed by atoms with Crippen LogP contribution < -0.4 is 10.7 Å². The maximum absolute atomic E-state index is 13.0. The molecule has 3 atom stereocenters. The zero-order valence-electron chi connectivity index (χ0n) is 17.4. The van der Waals surface area contributed by atoms with Crippen molar-refractivity contribution in [3.8, 4) is 0 Å². The third-order valence-corrected chi connectivity index (χ3v) is 7.22. The summed E-state index contributed by atoms with van der Waals surface area (Å²) in [4.78, 5) is 29.7. The molecule has 9 heteroatoms. The van der Waals surface area contributed by atoms with Crippen LogP contribution in [0.5, 0.6) is 0 Å². The molecule has 0 spiro atoms. The molecular weight excluding hydrogens is 422 g/mol. The van der Waals surface area contributed by atoms with Crippen LogP contribution in [0, 0.1) is 12.8 Å². The molecule has 2 amide bonds. The van der Waals surface area contributed by atoms with E-state index in [0.717, 1.165) is 42.8 Å². The van der Waals surface area contributed by atoms with Crippen LogP contribution in [0.15, 0.2) is 23.3 Å². The van der Waals surface area contributed by atoms with Crippen molar-refractivity contribution in [3.05, 3.63) is 28.8 Å². The molecule has 2 aliphatic heterocycles. The Hall–Kier alpha value is -1.93. The van der Waals surface area contributed by atoms with Gasteiger partial charge < -0.3 is 15.1 Å². The second kappa shape index (κ2) is 9.06. The molecule has 1 aliphatic carbocycles. The Balaban J connectivity index is 1.43. The fourth-order valence-electron chi connectivity index (χ4n) is 4.56. The fraction of sp³-hybridized carbons (Fsp3) is 0.571. The van der Waals surface area contributed by atoms with Crippen molar-refractivity contribution in [1.82, 2.24) is 15.2 Å². The summed E-state index contributed by atoms with van der Waals surface area (Å²) in [5.74, 6) is 0.360. The minimum Gasteiger partial charge on any atom is -0.324 e. The number of benzene rings is 1. The Kier molecular flexibility index (Phi) is 6.43. The molecule has 2 N–H and O–H groups in total. The minimum absolute atomic E-state index is 0.0208. The Morgan fingerprint density at radius 2 is 2.17 bits per heavy atom. The van der Waals surface area contributed by atoms with Gasteiger partial charge in [0.15, 0.2) is 11.5 Å². The number of halogens is 1. The highest BCUT2D eigenvalue weighted by Gasteiger charge is 2.50. The number of fused-ring (bicyclic) bond motifs is 3. The van der Waals surface area contributed by atoms with E-state index < -0.39 is 0 Å². The van der Waals surface area contributed by atoms with E-state index in [4.69, 9.17) is 11.6 Å². The summed E-state index contributed by atoms with van der Waals surface area (Å²) < 4.78 is 0. The average Bonchev–Trinajstić information content (AvgIpc) is 3.16. The van der Waals surface area contributed by atoms with Crippen molar-refractivity contribution in [1.29, 1.82) is 0 Å². The Labute approximate surface area is 186 Å². The molecule has 2 heterocycles. The largest absolute Gasteiger partial charge is 0.324 e. The number of thioether (sulfide) groups is 1. The summed E-state index contributed by atoms with van der Waals surface area (Å²) in [7, 11) is 0. The molecule has 162 valence electrons. The van der Waals surface area contributed by atoms with E-state index in [1.165, 1.54) is 11.8 Å². The highest BCUT2D eigenvalue weighted by Crippen LogP contribution is 2.38. The van der Waals surface area contributed by atoms with Crippen LogP contribution in [0.2, 0.25) is 5.02 Å². The number of amidine groups is 1. The molecule has 0 radical (unpaired) electrons. The number of nitrogens with one attached hydrogen (secondary N) is 2. The average molecular weight is 450 g/mol. The topological polar surface area (TPSA) is 77.0 Å². The molecule has 7 nitrogen and oxygen atoms in total. The highest BCUT2D eigenvalue weighted by molar-refractivity contribution is 8.14. The number of aryl methyl sites for hydroxylation is 1. The predicted molar refractivity (Wildman–Crippen MR) is 121 cm³/mol. The van der Waals surface area contributed by atoms with E-state index in [1.807, 2.05) is 30.0 Å². The number of anilines is 1. The zero-order chi connectivity index (χ0) is 21.3. The van der Waals surface area contributed by atoms with Crippen LogP contribution in [0.25, 0.3) is 0 Å². The predicted octanol–water partition coefficient (Wildman–Crippen LogP) is 3.59. The number of carbonyl (C=O) groups excluding carboxylic acids is 2. The first-order valence-electron chi connectivity index (χ1n) is 10.6. The van der Waals surface area contributed by atoms with Crippen molar-refractivity contribution in [3.63, 3.8) is 0 Å². The lowest BCUT2D eigenvalue weighted by Crippen LogP contribution is -2.67. The first-order valence-corrected chi connectivity index (χ1v) is 12.0. The van der Waals surface area contributed by atoms with Crippen LogP contribution >= 0.6 is 23.4 Å². The summed E-state index contributed by atoms with van der Waals surface area (Å²) in [6, 6.07) is 5.72. The summed E-state index contributed by atoms with van der Waals surface area (Å²) >= 11 is 7.63. The molecule has 30 heavy (non-hydrogen) atoms. The number of hydrazone groups is 1. The molecule has 1 saturated carbocycles. The molecule has 1 aromatic carbocycles. The molecular formula is C21H28ClN5O2S. The molecule has 1 saturated heterocycles. The molecule has 3 aliphatic rings. The van der Waals surface area contributed by atoms with Gasteiger partial charge in [0.25, 0.3) is 0 Å². The van der Waals surface area contributed by atoms with Crippen molar-refractivity contribution in [2.24, 2.45) is 11.0 Å². The van der Waals surface area contributed by atoms with Crippen molar-refractivity contribution in [2.75, 3.05) is 17.6 Å². The van der Waals surface area contributed by atoms with Gasteiger partial charge in [-0.1, -0.05) is 49.2 Å². The minimum atomic E-state index is -0.242. The van der Waals surface area contributed by atoms with Crippen LogP contribution in [-0.2, 0) is 9.59 Å². The van der Waals surface area contributed by atoms with Gasteiger partial charge in [-0.25, -0.2) is 0 Å². The number of carbonyl (C=O) groups is 2. The lowest BCUT2D eigenvalue weighted by molar-refractivity contribution is -0.155. The number of rotatable bonds is 5. The lowest BCUT2D eigenvalue weighted by atomic mass is 9.81. The Morgan fingerprint density at radius 3 is 2.93 bits per heavy atom.